The van der Waals surface area contributed by atoms with Crippen LogP contribution in [-0.2, 0) is 4.79 Å². The fourth-order valence-corrected chi connectivity index (χ4v) is 2.28. The molecule has 0 unspecified atom stereocenters. The van der Waals surface area contributed by atoms with E-state index < -0.39 is 0 Å². The van der Waals surface area contributed by atoms with Crippen molar-refractivity contribution in [3.05, 3.63) is 29.8 Å². The average molecular weight is 261 g/mol. The number of carbonyl (C=O) groups is 1. The van der Waals surface area contributed by atoms with Crippen LogP contribution in [0.25, 0.3) is 11.4 Å². The molecule has 1 N–H and O–H groups in total. The van der Waals surface area contributed by atoms with Crippen LogP contribution in [0.15, 0.2) is 29.4 Å². The zero-order valence-electron chi connectivity index (χ0n) is 10.4. The first-order chi connectivity index (χ1) is 8.65. The van der Waals surface area contributed by atoms with Crippen molar-refractivity contribution in [3.63, 3.8) is 0 Å². The molecule has 4 nitrogen and oxygen atoms in total. The summed E-state index contributed by atoms with van der Waals surface area (Å²) < 4.78 is 0. The van der Waals surface area contributed by atoms with Gasteiger partial charge in [0.2, 0.25) is 5.16 Å². The molecule has 0 aliphatic carbocycles. The third-order valence-corrected chi connectivity index (χ3v) is 3.32. The second kappa shape index (κ2) is 5.82. The number of ketones is 1. The number of hydrogen-bond acceptors (Lipinski definition) is 4. The number of hydrogen-bond donors (Lipinski definition) is 1. The lowest BCUT2D eigenvalue weighted by atomic mass is 10.1. The lowest BCUT2D eigenvalue weighted by Crippen LogP contribution is -1.91. The van der Waals surface area contributed by atoms with E-state index in [0.717, 1.165) is 17.1 Å². The van der Waals surface area contributed by atoms with Crippen molar-refractivity contribution in [2.45, 2.75) is 25.4 Å². The van der Waals surface area contributed by atoms with Gasteiger partial charge in [-0.3, -0.25) is 9.89 Å². The summed E-state index contributed by atoms with van der Waals surface area (Å²) in [4.78, 5) is 15.2. The quantitative estimate of drug-likeness (QED) is 0.841. The molecule has 94 valence electrons. The molecule has 0 atom stereocenters. The maximum atomic E-state index is 10.8. The lowest BCUT2D eigenvalue weighted by Gasteiger charge is -1.96. The van der Waals surface area contributed by atoms with Gasteiger partial charge < -0.3 is 0 Å². The molecule has 0 spiro atoms. The van der Waals surface area contributed by atoms with Crippen LogP contribution in [-0.4, -0.2) is 26.7 Å². The summed E-state index contributed by atoms with van der Waals surface area (Å²) >= 11 is 1.49. The van der Waals surface area contributed by atoms with Gasteiger partial charge in [0.1, 0.15) is 5.78 Å². The van der Waals surface area contributed by atoms with Crippen LogP contribution in [0.3, 0.4) is 0 Å². The summed E-state index contributed by atoms with van der Waals surface area (Å²) in [5.74, 6) is 1.68. The number of thioether (sulfide) groups is 1. The van der Waals surface area contributed by atoms with Crippen LogP contribution < -0.4 is 0 Å². The molecule has 0 fully saturated rings. The number of aromatic amines is 1. The molecular formula is C13H15N3OS. The van der Waals surface area contributed by atoms with Gasteiger partial charge >= 0.3 is 0 Å². The van der Waals surface area contributed by atoms with Gasteiger partial charge in [-0.05, 0) is 13.8 Å². The molecule has 0 saturated heterocycles. The van der Waals surface area contributed by atoms with Crippen molar-refractivity contribution in [2.75, 3.05) is 5.75 Å². The standard InChI is InChI=1S/C13H15N3OS/c1-9-3-5-11(6-4-9)12-14-13(16-15-12)18-8-7-10(2)17/h3-6H,7-8H2,1-2H3,(H,14,15,16). The second-order valence-corrected chi connectivity index (χ2v) is 5.20. The second-order valence-electron chi connectivity index (χ2n) is 4.13. The molecule has 1 aromatic carbocycles. The van der Waals surface area contributed by atoms with E-state index in [4.69, 9.17) is 0 Å². The van der Waals surface area contributed by atoms with Crippen LogP contribution in [0, 0.1) is 6.92 Å². The number of nitrogens with zero attached hydrogens (tertiary/aromatic N) is 2. The van der Waals surface area contributed by atoms with E-state index in [1.54, 1.807) is 6.92 Å². The van der Waals surface area contributed by atoms with Crippen LogP contribution >= 0.6 is 11.8 Å². The Balaban J connectivity index is 2.01. The van der Waals surface area contributed by atoms with E-state index in [0.29, 0.717) is 11.6 Å². The number of rotatable bonds is 5. The monoisotopic (exact) mass is 261 g/mol. The van der Waals surface area contributed by atoms with Gasteiger partial charge in [0.25, 0.3) is 0 Å². The predicted molar refractivity (Wildman–Crippen MR) is 72.6 cm³/mol. The molecule has 0 bridgehead atoms. The summed E-state index contributed by atoms with van der Waals surface area (Å²) in [6.45, 7) is 3.64. The minimum absolute atomic E-state index is 0.191. The Kier molecular flexibility index (Phi) is 4.15. The SMILES string of the molecule is CC(=O)CCSc1n[nH]c(-c2ccc(C)cc2)n1. The van der Waals surface area contributed by atoms with Crippen LogP contribution in [0.2, 0.25) is 0 Å². The molecule has 1 heterocycles. The summed E-state index contributed by atoms with van der Waals surface area (Å²) in [6, 6.07) is 8.11. The van der Waals surface area contributed by atoms with Crippen molar-refractivity contribution in [1.29, 1.82) is 0 Å². The van der Waals surface area contributed by atoms with Gasteiger partial charge in [0.05, 0.1) is 0 Å². The largest absolute Gasteiger partial charge is 0.300 e. The molecule has 0 saturated carbocycles. The van der Waals surface area contributed by atoms with Crippen molar-refractivity contribution >= 4 is 17.5 Å². The summed E-state index contributed by atoms with van der Waals surface area (Å²) in [5, 5.41) is 7.73. The highest BCUT2D eigenvalue weighted by Crippen LogP contribution is 2.19. The average Bonchev–Trinajstić information content (AvgIpc) is 2.78. The van der Waals surface area contributed by atoms with Crippen LogP contribution in [0.4, 0.5) is 0 Å². The van der Waals surface area contributed by atoms with Crippen molar-refractivity contribution in [1.82, 2.24) is 15.2 Å². The fourth-order valence-electron chi connectivity index (χ4n) is 1.44. The Morgan fingerprint density at radius 3 is 2.72 bits per heavy atom. The number of carbonyl (C=O) groups excluding carboxylic acids is 1. The van der Waals surface area contributed by atoms with Crippen molar-refractivity contribution < 1.29 is 4.79 Å². The minimum atomic E-state index is 0.191. The van der Waals surface area contributed by atoms with Crippen LogP contribution in [0.1, 0.15) is 18.9 Å². The van der Waals surface area contributed by atoms with E-state index in [-0.39, 0.29) is 5.78 Å². The smallest absolute Gasteiger partial charge is 0.208 e. The Morgan fingerprint density at radius 2 is 2.06 bits per heavy atom. The van der Waals surface area contributed by atoms with E-state index >= 15 is 0 Å². The van der Waals surface area contributed by atoms with Crippen molar-refractivity contribution in [2.24, 2.45) is 0 Å². The summed E-state index contributed by atoms with van der Waals surface area (Å²) in [7, 11) is 0. The highest BCUT2D eigenvalue weighted by Gasteiger charge is 2.06. The molecule has 0 radical (unpaired) electrons. The number of aromatic nitrogens is 3. The van der Waals surface area contributed by atoms with Crippen LogP contribution in [0.5, 0.6) is 0 Å². The van der Waals surface area contributed by atoms with E-state index in [9.17, 15) is 4.79 Å². The number of Topliss-reactive ketones (excluding diaryl/α,β-unsaturated/α-hetero) is 1. The normalized spacial score (nSPS) is 10.6. The van der Waals surface area contributed by atoms with Crippen molar-refractivity contribution in [3.8, 4) is 11.4 Å². The molecule has 18 heavy (non-hydrogen) atoms. The number of nitrogens with one attached hydrogen (secondary N) is 1. The summed E-state index contributed by atoms with van der Waals surface area (Å²) in [6.07, 6.45) is 0.555. The number of H-pyrrole nitrogens is 1. The Labute approximate surface area is 110 Å². The molecule has 5 heteroatoms. The van der Waals surface area contributed by atoms with Gasteiger partial charge in [-0.15, -0.1) is 5.10 Å². The lowest BCUT2D eigenvalue weighted by molar-refractivity contribution is -0.116. The topological polar surface area (TPSA) is 58.6 Å². The molecule has 0 amide bonds. The highest BCUT2D eigenvalue weighted by atomic mass is 32.2. The maximum absolute atomic E-state index is 10.8. The Bertz CT molecular complexity index is 533. The molecule has 1 aromatic heterocycles. The third kappa shape index (κ3) is 3.43. The van der Waals surface area contributed by atoms with Gasteiger partial charge in [0, 0.05) is 17.7 Å². The zero-order valence-corrected chi connectivity index (χ0v) is 11.3. The zero-order chi connectivity index (χ0) is 13.0. The molecule has 0 aliphatic heterocycles. The molecule has 2 aromatic rings. The van der Waals surface area contributed by atoms with Gasteiger partial charge in [-0.2, -0.15) is 0 Å². The number of benzene rings is 1. The van der Waals surface area contributed by atoms with Gasteiger partial charge in [0.15, 0.2) is 5.82 Å². The first kappa shape index (κ1) is 12.8. The predicted octanol–water partition coefficient (Wildman–Crippen LogP) is 2.85. The minimum Gasteiger partial charge on any atom is -0.300 e. The summed E-state index contributed by atoms with van der Waals surface area (Å²) in [5.41, 5.74) is 2.24. The fraction of sp³-hybridized carbons (Fsp3) is 0.308. The Morgan fingerprint density at radius 1 is 1.33 bits per heavy atom. The van der Waals surface area contributed by atoms with Gasteiger partial charge in [-0.1, -0.05) is 41.6 Å². The van der Waals surface area contributed by atoms with E-state index in [2.05, 4.69) is 15.2 Å². The van der Waals surface area contributed by atoms with Gasteiger partial charge in [-0.25, -0.2) is 4.98 Å². The van der Waals surface area contributed by atoms with E-state index in [1.165, 1.54) is 17.3 Å². The third-order valence-electron chi connectivity index (χ3n) is 2.48. The molecule has 0 aliphatic rings. The van der Waals surface area contributed by atoms with E-state index in [1.807, 2.05) is 31.2 Å². The molecular weight excluding hydrogens is 246 g/mol. The maximum Gasteiger partial charge on any atom is 0.208 e. The first-order valence-electron chi connectivity index (χ1n) is 5.77. The molecule has 2 rings (SSSR count). The highest BCUT2D eigenvalue weighted by molar-refractivity contribution is 7.99. The Hall–Kier alpha value is -1.62. The number of aryl methyl sites for hydroxylation is 1. The first-order valence-corrected chi connectivity index (χ1v) is 6.75.